The summed E-state index contributed by atoms with van der Waals surface area (Å²) in [7, 11) is 3.69. The third-order valence-corrected chi connectivity index (χ3v) is 4.02. The number of anilines is 1. The molecule has 0 radical (unpaired) electrons. The van der Waals surface area contributed by atoms with Crippen LogP contribution in [0.5, 0.6) is 5.75 Å². The van der Waals surface area contributed by atoms with E-state index in [1.165, 1.54) is 0 Å². The smallest absolute Gasteiger partial charge is 0.227 e. The highest BCUT2D eigenvalue weighted by atomic mass is 16.5. The van der Waals surface area contributed by atoms with E-state index in [1.807, 2.05) is 62.2 Å². The van der Waals surface area contributed by atoms with E-state index in [0.717, 1.165) is 23.0 Å². The molecule has 0 aliphatic rings. The summed E-state index contributed by atoms with van der Waals surface area (Å²) < 4.78 is 5.47. The highest BCUT2D eigenvalue weighted by Crippen LogP contribution is 2.13. The number of carbonyl (C=O) groups excluding carboxylic acids is 1. The SMILES string of the molecule is CCOc1ccc(CN(C)C(=NC)NCCC(=O)Nc2cccc(C)n2)cc1. The molecule has 0 aliphatic carbocycles. The number of aromatic nitrogens is 1. The van der Waals surface area contributed by atoms with Crippen molar-refractivity contribution in [3.8, 4) is 5.75 Å². The minimum absolute atomic E-state index is 0.0878. The number of guanidine groups is 1. The zero-order valence-electron chi connectivity index (χ0n) is 17.0. The van der Waals surface area contributed by atoms with Crippen LogP contribution >= 0.6 is 0 Å². The quantitative estimate of drug-likeness (QED) is 0.541. The van der Waals surface area contributed by atoms with Gasteiger partial charge in [0.05, 0.1) is 6.61 Å². The normalized spacial score (nSPS) is 11.1. The zero-order chi connectivity index (χ0) is 20.4. The van der Waals surface area contributed by atoms with Crippen molar-refractivity contribution < 1.29 is 9.53 Å². The molecule has 1 aromatic carbocycles. The van der Waals surface area contributed by atoms with Crippen LogP contribution in [-0.2, 0) is 11.3 Å². The van der Waals surface area contributed by atoms with E-state index in [0.29, 0.717) is 31.9 Å². The number of rotatable bonds is 8. The van der Waals surface area contributed by atoms with Gasteiger partial charge in [-0.15, -0.1) is 0 Å². The van der Waals surface area contributed by atoms with E-state index in [-0.39, 0.29) is 5.91 Å². The molecule has 0 spiro atoms. The number of hydrogen-bond acceptors (Lipinski definition) is 4. The summed E-state index contributed by atoms with van der Waals surface area (Å²) in [5.74, 6) is 2.08. The standard InChI is InChI=1S/C21H29N5O2/c1-5-28-18-11-9-17(10-12-18)15-26(4)21(22-3)23-14-13-20(27)25-19-8-6-7-16(2)24-19/h6-12H,5,13-15H2,1-4H3,(H,22,23)(H,24,25,27). The van der Waals surface area contributed by atoms with Crippen LogP contribution in [0.4, 0.5) is 5.82 Å². The number of amides is 1. The maximum Gasteiger partial charge on any atom is 0.227 e. The van der Waals surface area contributed by atoms with Gasteiger partial charge in [0.1, 0.15) is 11.6 Å². The van der Waals surface area contributed by atoms with Crippen LogP contribution in [0.3, 0.4) is 0 Å². The Kier molecular flexibility index (Phi) is 8.27. The van der Waals surface area contributed by atoms with Gasteiger partial charge in [0.15, 0.2) is 5.96 Å². The van der Waals surface area contributed by atoms with Gasteiger partial charge in [-0.2, -0.15) is 0 Å². The lowest BCUT2D eigenvalue weighted by atomic mass is 10.2. The van der Waals surface area contributed by atoms with Gasteiger partial charge >= 0.3 is 0 Å². The Labute approximate surface area is 166 Å². The van der Waals surface area contributed by atoms with Crippen LogP contribution in [0.1, 0.15) is 24.6 Å². The van der Waals surface area contributed by atoms with Crippen molar-refractivity contribution in [3.05, 3.63) is 53.7 Å². The van der Waals surface area contributed by atoms with Crippen LogP contribution < -0.4 is 15.4 Å². The molecule has 150 valence electrons. The molecule has 7 nitrogen and oxygen atoms in total. The summed E-state index contributed by atoms with van der Waals surface area (Å²) in [6.07, 6.45) is 0.325. The molecule has 28 heavy (non-hydrogen) atoms. The third-order valence-electron chi connectivity index (χ3n) is 4.02. The summed E-state index contributed by atoms with van der Waals surface area (Å²) in [4.78, 5) is 22.7. The van der Waals surface area contributed by atoms with E-state index in [4.69, 9.17) is 4.74 Å². The van der Waals surface area contributed by atoms with Gasteiger partial charge < -0.3 is 20.3 Å². The summed E-state index contributed by atoms with van der Waals surface area (Å²) in [5.41, 5.74) is 2.02. The molecule has 2 aromatic rings. The van der Waals surface area contributed by atoms with E-state index in [1.54, 1.807) is 13.1 Å². The lowest BCUT2D eigenvalue weighted by molar-refractivity contribution is -0.116. The number of pyridine rings is 1. The lowest BCUT2D eigenvalue weighted by Crippen LogP contribution is -2.39. The third kappa shape index (κ3) is 6.90. The Morgan fingerprint density at radius 3 is 2.61 bits per heavy atom. The van der Waals surface area contributed by atoms with Crippen LogP contribution in [0, 0.1) is 6.92 Å². The fourth-order valence-electron chi connectivity index (χ4n) is 2.70. The Morgan fingerprint density at radius 1 is 1.21 bits per heavy atom. The van der Waals surface area contributed by atoms with Crippen molar-refractivity contribution in [2.45, 2.75) is 26.8 Å². The summed E-state index contributed by atoms with van der Waals surface area (Å²) in [6, 6.07) is 13.5. The van der Waals surface area contributed by atoms with Crippen molar-refractivity contribution in [1.82, 2.24) is 15.2 Å². The number of nitrogens with one attached hydrogen (secondary N) is 2. The van der Waals surface area contributed by atoms with Crippen molar-refractivity contribution in [3.63, 3.8) is 0 Å². The fraction of sp³-hybridized carbons (Fsp3) is 0.381. The Morgan fingerprint density at radius 2 is 1.96 bits per heavy atom. The Balaban J connectivity index is 1.78. The van der Waals surface area contributed by atoms with Gasteiger partial charge in [0, 0.05) is 39.3 Å². The molecule has 7 heteroatoms. The minimum Gasteiger partial charge on any atom is -0.494 e. The molecule has 1 aromatic heterocycles. The summed E-state index contributed by atoms with van der Waals surface area (Å²) >= 11 is 0. The topological polar surface area (TPSA) is 78.8 Å². The second-order valence-corrected chi connectivity index (χ2v) is 6.37. The fourth-order valence-corrected chi connectivity index (χ4v) is 2.70. The number of carbonyl (C=O) groups is 1. The second-order valence-electron chi connectivity index (χ2n) is 6.37. The molecule has 0 bridgehead atoms. The van der Waals surface area contributed by atoms with Gasteiger partial charge in [-0.05, 0) is 43.7 Å². The molecule has 2 N–H and O–H groups in total. The molecule has 0 fully saturated rings. The molecular formula is C21H29N5O2. The lowest BCUT2D eigenvalue weighted by Gasteiger charge is -2.22. The second kappa shape index (κ2) is 10.9. The van der Waals surface area contributed by atoms with E-state index < -0.39 is 0 Å². The molecule has 0 aliphatic heterocycles. The van der Waals surface area contributed by atoms with Crippen LogP contribution in [0.2, 0.25) is 0 Å². The number of hydrogen-bond donors (Lipinski definition) is 2. The number of ether oxygens (including phenoxy) is 1. The van der Waals surface area contributed by atoms with Gasteiger partial charge in [0.25, 0.3) is 0 Å². The van der Waals surface area contributed by atoms with Crippen molar-refractivity contribution in [1.29, 1.82) is 0 Å². The first-order valence-corrected chi connectivity index (χ1v) is 9.39. The maximum absolute atomic E-state index is 12.1. The highest BCUT2D eigenvalue weighted by molar-refractivity contribution is 5.90. The van der Waals surface area contributed by atoms with E-state index in [2.05, 4.69) is 20.6 Å². The number of nitrogens with zero attached hydrogens (tertiary/aromatic N) is 3. The molecule has 2 rings (SSSR count). The first-order valence-electron chi connectivity index (χ1n) is 9.39. The average molecular weight is 383 g/mol. The predicted octanol–water partition coefficient (Wildman–Crippen LogP) is 2.82. The van der Waals surface area contributed by atoms with Crippen molar-refractivity contribution in [2.75, 3.05) is 32.6 Å². The first kappa shape index (κ1) is 21.2. The number of aliphatic imine (C=N–C) groups is 1. The average Bonchev–Trinajstić information content (AvgIpc) is 2.67. The van der Waals surface area contributed by atoms with Gasteiger partial charge in [-0.25, -0.2) is 4.98 Å². The molecule has 0 saturated heterocycles. The number of aryl methyl sites for hydroxylation is 1. The molecule has 0 unspecified atom stereocenters. The minimum atomic E-state index is -0.0878. The van der Waals surface area contributed by atoms with Crippen molar-refractivity contribution in [2.24, 2.45) is 4.99 Å². The van der Waals surface area contributed by atoms with Gasteiger partial charge in [-0.1, -0.05) is 18.2 Å². The van der Waals surface area contributed by atoms with Crippen LogP contribution in [0.25, 0.3) is 0 Å². The zero-order valence-corrected chi connectivity index (χ0v) is 17.0. The predicted molar refractivity (Wildman–Crippen MR) is 113 cm³/mol. The van der Waals surface area contributed by atoms with Crippen LogP contribution in [0.15, 0.2) is 47.5 Å². The molecule has 0 atom stereocenters. The van der Waals surface area contributed by atoms with Crippen LogP contribution in [-0.4, -0.2) is 49.0 Å². The summed E-state index contributed by atoms with van der Waals surface area (Å²) in [5, 5.41) is 6.02. The number of benzene rings is 1. The molecule has 1 amide bonds. The summed E-state index contributed by atoms with van der Waals surface area (Å²) in [6.45, 7) is 5.70. The molecule has 1 heterocycles. The monoisotopic (exact) mass is 383 g/mol. The van der Waals surface area contributed by atoms with E-state index in [9.17, 15) is 4.79 Å². The van der Waals surface area contributed by atoms with Gasteiger partial charge in [0.2, 0.25) is 5.91 Å². The van der Waals surface area contributed by atoms with Crippen molar-refractivity contribution >= 4 is 17.7 Å². The Bertz CT molecular complexity index is 790. The molecular weight excluding hydrogens is 354 g/mol. The Hall–Kier alpha value is -3.09. The highest BCUT2D eigenvalue weighted by Gasteiger charge is 2.08. The first-order chi connectivity index (χ1) is 13.5. The maximum atomic E-state index is 12.1. The molecule has 0 saturated carbocycles. The van der Waals surface area contributed by atoms with Gasteiger partial charge in [-0.3, -0.25) is 9.79 Å². The largest absolute Gasteiger partial charge is 0.494 e. The van der Waals surface area contributed by atoms with E-state index >= 15 is 0 Å².